The zero-order chi connectivity index (χ0) is 10.4. The summed E-state index contributed by atoms with van der Waals surface area (Å²) >= 11 is 0. The Morgan fingerprint density at radius 2 is 2.21 bits per heavy atom. The zero-order valence-electron chi connectivity index (χ0n) is 7.91. The predicted octanol–water partition coefficient (Wildman–Crippen LogP) is 1.68. The van der Waals surface area contributed by atoms with Crippen LogP contribution in [0.3, 0.4) is 0 Å². The Bertz CT molecular complexity index is 323. The Hall–Kier alpha value is -1.19. The van der Waals surface area contributed by atoms with Crippen molar-refractivity contribution in [2.24, 2.45) is 5.73 Å². The van der Waals surface area contributed by atoms with Crippen LogP contribution in [0.15, 0.2) is 24.3 Å². The highest BCUT2D eigenvalue weighted by Crippen LogP contribution is 2.12. The summed E-state index contributed by atoms with van der Waals surface area (Å²) < 4.78 is 13.3. The van der Waals surface area contributed by atoms with Crippen molar-refractivity contribution in [1.82, 2.24) is 0 Å². The van der Waals surface area contributed by atoms with Crippen molar-refractivity contribution in [1.29, 1.82) is 0 Å². The number of benzene rings is 1. The molecule has 3 heteroatoms. The summed E-state index contributed by atoms with van der Waals surface area (Å²) in [6.45, 7) is 0.427. The van der Waals surface area contributed by atoms with Crippen molar-refractivity contribution in [3.63, 3.8) is 0 Å². The van der Waals surface area contributed by atoms with Crippen LogP contribution >= 0.6 is 0 Å². The summed E-state index contributed by atoms with van der Waals surface area (Å²) in [5, 5.41) is 8.77. The van der Waals surface area contributed by atoms with E-state index < -0.39 is 0 Å². The van der Waals surface area contributed by atoms with E-state index in [0.29, 0.717) is 17.7 Å². The number of nitrogens with two attached hydrogens (primary N) is 1. The number of aliphatic hydroxyl groups is 1. The molecule has 0 unspecified atom stereocenters. The summed E-state index contributed by atoms with van der Waals surface area (Å²) in [5.74, 6) is -0.315. The topological polar surface area (TPSA) is 46.2 Å². The smallest absolute Gasteiger partial charge is 0.130 e. The Kier molecular flexibility index (Phi) is 4.29. The van der Waals surface area contributed by atoms with Crippen LogP contribution in [0.4, 0.5) is 4.39 Å². The molecule has 0 aliphatic carbocycles. The van der Waals surface area contributed by atoms with E-state index in [1.165, 1.54) is 6.07 Å². The molecule has 2 nitrogen and oxygen atoms in total. The molecule has 0 fully saturated rings. The average Bonchev–Trinajstić information content (AvgIpc) is 2.20. The van der Waals surface area contributed by atoms with E-state index in [1.54, 1.807) is 18.2 Å². The molecule has 0 spiro atoms. The van der Waals surface area contributed by atoms with Crippen molar-refractivity contribution in [3.8, 4) is 0 Å². The molecule has 0 radical (unpaired) electrons. The number of hydrogen-bond acceptors (Lipinski definition) is 2. The second-order valence-electron chi connectivity index (χ2n) is 2.99. The normalized spacial score (nSPS) is 11.1. The Balaban J connectivity index is 2.78. The summed E-state index contributed by atoms with van der Waals surface area (Å²) in [6.07, 6.45) is 4.27. The van der Waals surface area contributed by atoms with Gasteiger partial charge in [0.2, 0.25) is 0 Å². The van der Waals surface area contributed by atoms with E-state index in [-0.39, 0.29) is 12.4 Å². The first-order chi connectivity index (χ1) is 6.77. The van der Waals surface area contributed by atoms with Gasteiger partial charge in [-0.2, -0.15) is 0 Å². The lowest BCUT2D eigenvalue weighted by molar-refractivity contribution is 0.281. The van der Waals surface area contributed by atoms with Gasteiger partial charge in [0.05, 0.1) is 6.61 Å². The molecule has 0 saturated heterocycles. The zero-order valence-corrected chi connectivity index (χ0v) is 7.91. The monoisotopic (exact) mass is 195 g/mol. The van der Waals surface area contributed by atoms with Crippen LogP contribution in [0.2, 0.25) is 0 Å². The molecule has 0 atom stereocenters. The molecule has 14 heavy (non-hydrogen) atoms. The minimum absolute atomic E-state index is 0.135. The number of rotatable bonds is 4. The van der Waals surface area contributed by atoms with Gasteiger partial charge >= 0.3 is 0 Å². The third kappa shape index (κ3) is 2.94. The summed E-state index contributed by atoms with van der Waals surface area (Å²) in [5.41, 5.74) is 6.40. The lowest BCUT2D eigenvalue weighted by Gasteiger charge is -1.99. The molecule has 1 rings (SSSR count). The second-order valence-corrected chi connectivity index (χ2v) is 2.99. The molecule has 0 aromatic heterocycles. The fourth-order valence-electron chi connectivity index (χ4n) is 1.11. The third-order valence-electron chi connectivity index (χ3n) is 1.88. The van der Waals surface area contributed by atoms with E-state index in [1.807, 2.05) is 6.08 Å². The lowest BCUT2D eigenvalue weighted by Crippen LogP contribution is -1.95. The first-order valence-corrected chi connectivity index (χ1v) is 4.54. The molecule has 0 bridgehead atoms. The highest BCUT2D eigenvalue weighted by molar-refractivity contribution is 5.50. The van der Waals surface area contributed by atoms with Crippen molar-refractivity contribution in [2.75, 3.05) is 6.54 Å². The van der Waals surface area contributed by atoms with E-state index in [2.05, 4.69) is 0 Å². The minimum atomic E-state index is -0.315. The van der Waals surface area contributed by atoms with Crippen molar-refractivity contribution < 1.29 is 9.50 Å². The first kappa shape index (κ1) is 10.9. The van der Waals surface area contributed by atoms with E-state index in [9.17, 15) is 4.39 Å². The van der Waals surface area contributed by atoms with Crippen LogP contribution in [-0.2, 0) is 6.61 Å². The van der Waals surface area contributed by atoms with Gasteiger partial charge in [0.25, 0.3) is 0 Å². The maximum absolute atomic E-state index is 13.3. The van der Waals surface area contributed by atoms with Crippen LogP contribution < -0.4 is 5.73 Å². The molecular weight excluding hydrogens is 181 g/mol. The van der Waals surface area contributed by atoms with Crippen LogP contribution in [-0.4, -0.2) is 11.7 Å². The largest absolute Gasteiger partial charge is 0.392 e. The number of halogens is 1. The molecule has 1 aromatic carbocycles. The van der Waals surface area contributed by atoms with Gasteiger partial charge in [-0.25, -0.2) is 4.39 Å². The van der Waals surface area contributed by atoms with Gasteiger partial charge in [0.15, 0.2) is 0 Å². The van der Waals surface area contributed by atoms with E-state index in [4.69, 9.17) is 10.8 Å². The Labute approximate surface area is 82.9 Å². The van der Waals surface area contributed by atoms with Crippen LogP contribution in [0.25, 0.3) is 6.08 Å². The maximum Gasteiger partial charge on any atom is 0.130 e. The molecule has 0 heterocycles. The van der Waals surface area contributed by atoms with E-state index in [0.717, 1.165) is 6.42 Å². The van der Waals surface area contributed by atoms with E-state index >= 15 is 0 Å². The number of aliphatic hydroxyl groups excluding tert-OH is 1. The van der Waals surface area contributed by atoms with Crippen LogP contribution in [0.1, 0.15) is 17.5 Å². The minimum Gasteiger partial charge on any atom is -0.392 e. The standard InChI is InChI=1S/C11H14FNO/c12-11-7-9(8-14)4-5-10(11)3-1-2-6-13/h1,3-5,7,14H,2,6,8,13H2. The van der Waals surface area contributed by atoms with Gasteiger partial charge in [-0.3, -0.25) is 0 Å². The Morgan fingerprint density at radius 1 is 1.43 bits per heavy atom. The molecule has 0 aliphatic rings. The fraction of sp³-hybridized carbons (Fsp3) is 0.273. The lowest BCUT2D eigenvalue weighted by atomic mass is 10.1. The Morgan fingerprint density at radius 3 is 2.79 bits per heavy atom. The molecule has 0 saturated carbocycles. The third-order valence-corrected chi connectivity index (χ3v) is 1.88. The fourth-order valence-corrected chi connectivity index (χ4v) is 1.11. The molecule has 0 aliphatic heterocycles. The van der Waals surface area contributed by atoms with Crippen molar-refractivity contribution in [2.45, 2.75) is 13.0 Å². The van der Waals surface area contributed by atoms with Crippen LogP contribution in [0, 0.1) is 5.82 Å². The van der Waals surface area contributed by atoms with Gasteiger partial charge in [0.1, 0.15) is 5.82 Å². The summed E-state index contributed by atoms with van der Waals surface area (Å²) in [7, 11) is 0. The molecule has 3 N–H and O–H groups in total. The van der Waals surface area contributed by atoms with Gasteiger partial charge in [0, 0.05) is 5.56 Å². The molecule has 76 valence electrons. The van der Waals surface area contributed by atoms with Gasteiger partial charge in [-0.1, -0.05) is 24.3 Å². The highest BCUT2D eigenvalue weighted by atomic mass is 19.1. The van der Waals surface area contributed by atoms with Crippen molar-refractivity contribution >= 4 is 6.08 Å². The predicted molar refractivity (Wildman–Crippen MR) is 55.0 cm³/mol. The first-order valence-electron chi connectivity index (χ1n) is 4.54. The summed E-state index contributed by atoms with van der Waals surface area (Å²) in [6, 6.07) is 4.68. The molecular formula is C11H14FNO. The van der Waals surface area contributed by atoms with Gasteiger partial charge in [-0.05, 0) is 24.6 Å². The maximum atomic E-state index is 13.3. The second kappa shape index (κ2) is 5.52. The van der Waals surface area contributed by atoms with Crippen LogP contribution in [0.5, 0.6) is 0 Å². The number of hydrogen-bond donors (Lipinski definition) is 2. The summed E-state index contributed by atoms with van der Waals surface area (Å²) in [4.78, 5) is 0. The molecule has 0 amide bonds. The molecule has 1 aromatic rings. The van der Waals surface area contributed by atoms with Crippen molar-refractivity contribution in [3.05, 3.63) is 41.2 Å². The van der Waals surface area contributed by atoms with Gasteiger partial charge < -0.3 is 10.8 Å². The SMILES string of the molecule is NCCC=Cc1ccc(CO)cc1F. The quantitative estimate of drug-likeness (QED) is 0.767. The highest BCUT2D eigenvalue weighted by Gasteiger charge is 1.99. The van der Waals surface area contributed by atoms with Gasteiger partial charge in [-0.15, -0.1) is 0 Å². The average molecular weight is 195 g/mol.